The van der Waals surface area contributed by atoms with Crippen LogP contribution in [0.15, 0.2) is 54.6 Å². The molecule has 1 fully saturated rings. The molecule has 0 aromatic heterocycles. The van der Waals surface area contributed by atoms with E-state index in [0.717, 1.165) is 48.6 Å². The van der Waals surface area contributed by atoms with Gasteiger partial charge in [-0.1, -0.05) is 35.9 Å². The number of nitrogens with one attached hydrogen (secondary N) is 1. The molecule has 3 nitrogen and oxygen atoms in total. The van der Waals surface area contributed by atoms with Gasteiger partial charge in [-0.15, -0.1) is 0 Å². The zero-order valence-corrected chi connectivity index (χ0v) is 16.0. The number of hydrogen-bond donors (Lipinski definition) is 1. The lowest BCUT2D eigenvalue weighted by Crippen LogP contribution is -2.30. The lowest BCUT2D eigenvalue weighted by molar-refractivity contribution is 0.0792. The molecule has 27 heavy (non-hydrogen) atoms. The lowest BCUT2D eigenvalue weighted by Gasteiger charge is -2.37. The van der Waals surface area contributed by atoms with Gasteiger partial charge in [0.25, 0.3) is 5.91 Å². The molecule has 4 heteroatoms. The van der Waals surface area contributed by atoms with Crippen LogP contribution in [-0.2, 0) is 0 Å². The SMILES string of the molecule is O=C(c1ccc2c(c1)[C@@H]1C=CC[C@@H]1[C@H](c1ccc(Cl)cc1)N2)N1CCCC1. The van der Waals surface area contributed by atoms with Gasteiger partial charge in [0.15, 0.2) is 0 Å². The highest BCUT2D eigenvalue weighted by Crippen LogP contribution is 2.50. The molecule has 2 aromatic carbocycles. The number of hydrogen-bond acceptors (Lipinski definition) is 2. The van der Waals surface area contributed by atoms with Crippen molar-refractivity contribution in [3.05, 3.63) is 76.3 Å². The quantitative estimate of drug-likeness (QED) is 0.709. The maximum absolute atomic E-state index is 12.8. The summed E-state index contributed by atoms with van der Waals surface area (Å²) < 4.78 is 0. The number of likely N-dealkylation sites (tertiary alicyclic amines) is 1. The maximum Gasteiger partial charge on any atom is 0.253 e. The molecule has 0 spiro atoms. The Bertz CT molecular complexity index is 899. The van der Waals surface area contributed by atoms with E-state index in [-0.39, 0.29) is 11.9 Å². The molecular formula is C23H23ClN2O. The van der Waals surface area contributed by atoms with Crippen molar-refractivity contribution in [3.8, 4) is 0 Å². The number of amides is 1. The standard InChI is InChI=1S/C23H23ClN2O/c24-17-9-6-15(7-10-17)22-19-5-3-4-18(19)20-14-16(8-11-21(20)25-22)23(27)26-12-1-2-13-26/h3-4,6-11,14,18-19,22,25H,1-2,5,12-13H2/t18-,19+,22+/m1/s1. The maximum atomic E-state index is 12.8. The largest absolute Gasteiger partial charge is 0.378 e. The number of carbonyl (C=O) groups is 1. The van der Waals surface area contributed by atoms with Crippen LogP contribution >= 0.6 is 11.6 Å². The normalized spacial score (nSPS) is 25.8. The van der Waals surface area contributed by atoms with E-state index in [4.69, 9.17) is 11.6 Å². The summed E-state index contributed by atoms with van der Waals surface area (Å²) in [5.74, 6) is 0.998. The van der Waals surface area contributed by atoms with Gasteiger partial charge in [0.2, 0.25) is 0 Å². The van der Waals surface area contributed by atoms with Crippen molar-refractivity contribution in [3.63, 3.8) is 0 Å². The Hall–Kier alpha value is -2.26. The van der Waals surface area contributed by atoms with Crippen molar-refractivity contribution >= 4 is 23.2 Å². The molecule has 0 radical (unpaired) electrons. The Kier molecular flexibility index (Phi) is 4.20. The first kappa shape index (κ1) is 16.9. The average Bonchev–Trinajstić information content (AvgIpc) is 3.39. The molecule has 2 aromatic rings. The summed E-state index contributed by atoms with van der Waals surface area (Å²) in [4.78, 5) is 14.8. The molecule has 5 rings (SSSR count). The number of allylic oxidation sites excluding steroid dienone is 2. The minimum atomic E-state index is 0.175. The van der Waals surface area contributed by atoms with Gasteiger partial charge in [-0.05, 0) is 66.6 Å². The summed E-state index contributed by atoms with van der Waals surface area (Å²) in [5.41, 5.74) is 4.48. The molecule has 1 saturated heterocycles. The van der Waals surface area contributed by atoms with Crippen LogP contribution in [0.2, 0.25) is 5.02 Å². The molecule has 3 atom stereocenters. The van der Waals surface area contributed by atoms with E-state index in [1.165, 1.54) is 11.1 Å². The Balaban J connectivity index is 1.49. The summed E-state index contributed by atoms with van der Waals surface area (Å²) in [6.45, 7) is 1.78. The summed E-state index contributed by atoms with van der Waals surface area (Å²) in [6, 6.07) is 14.6. The minimum absolute atomic E-state index is 0.175. The van der Waals surface area contributed by atoms with Crippen molar-refractivity contribution in [1.29, 1.82) is 0 Å². The molecule has 3 aliphatic rings. The van der Waals surface area contributed by atoms with E-state index in [2.05, 4.69) is 41.7 Å². The molecular weight excluding hydrogens is 356 g/mol. The number of fused-ring (bicyclic) bond motifs is 3. The van der Waals surface area contributed by atoms with E-state index in [0.29, 0.717) is 11.8 Å². The summed E-state index contributed by atoms with van der Waals surface area (Å²) in [7, 11) is 0. The van der Waals surface area contributed by atoms with Gasteiger partial charge in [-0.2, -0.15) is 0 Å². The van der Waals surface area contributed by atoms with Gasteiger partial charge >= 0.3 is 0 Å². The molecule has 138 valence electrons. The fourth-order valence-corrected chi connectivity index (χ4v) is 4.96. The van der Waals surface area contributed by atoms with Crippen LogP contribution in [0.4, 0.5) is 5.69 Å². The Labute approximate surface area is 165 Å². The Morgan fingerprint density at radius 1 is 1.07 bits per heavy atom. The molecule has 0 saturated carbocycles. The van der Waals surface area contributed by atoms with Gasteiger partial charge < -0.3 is 10.2 Å². The fraction of sp³-hybridized carbons (Fsp3) is 0.348. The van der Waals surface area contributed by atoms with Crippen LogP contribution in [0.5, 0.6) is 0 Å². The fourth-order valence-electron chi connectivity index (χ4n) is 4.83. The van der Waals surface area contributed by atoms with Crippen LogP contribution in [0.25, 0.3) is 0 Å². The topological polar surface area (TPSA) is 32.3 Å². The van der Waals surface area contributed by atoms with Crippen LogP contribution in [0, 0.1) is 5.92 Å². The van der Waals surface area contributed by atoms with E-state index >= 15 is 0 Å². The van der Waals surface area contributed by atoms with Crippen molar-refractivity contribution < 1.29 is 4.79 Å². The molecule has 2 aliphatic heterocycles. The molecule has 2 heterocycles. The van der Waals surface area contributed by atoms with Crippen LogP contribution in [-0.4, -0.2) is 23.9 Å². The van der Waals surface area contributed by atoms with Gasteiger partial charge in [0.1, 0.15) is 0 Å². The number of rotatable bonds is 2. The third-order valence-electron chi connectivity index (χ3n) is 6.23. The van der Waals surface area contributed by atoms with Crippen molar-refractivity contribution in [2.75, 3.05) is 18.4 Å². The summed E-state index contributed by atoms with van der Waals surface area (Å²) in [5, 5.41) is 4.50. The van der Waals surface area contributed by atoms with E-state index < -0.39 is 0 Å². The monoisotopic (exact) mass is 378 g/mol. The number of nitrogens with zero attached hydrogens (tertiary/aromatic N) is 1. The first-order valence-electron chi connectivity index (χ1n) is 9.82. The number of benzene rings is 2. The predicted molar refractivity (Wildman–Crippen MR) is 109 cm³/mol. The van der Waals surface area contributed by atoms with Gasteiger partial charge in [0.05, 0.1) is 6.04 Å². The molecule has 0 bridgehead atoms. The zero-order valence-electron chi connectivity index (χ0n) is 15.2. The van der Waals surface area contributed by atoms with Crippen LogP contribution in [0.3, 0.4) is 0 Å². The first-order chi connectivity index (χ1) is 13.2. The highest BCUT2D eigenvalue weighted by atomic mass is 35.5. The number of carbonyl (C=O) groups excluding carboxylic acids is 1. The number of halogens is 1. The van der Waals surface area contributed by atoms with Crippen LogP contribution in [0.1, 0.15) is 52.7 Å². The zero-order chi connectivity index (χ0) is 18.4. The number of anilines is 1. The van der Waals surface area contributed by atoms with Gasteiger partial charge in [0, 0.05) is 35.3 Å². The van der Waals surface area contributed by atoms with Crippen molar-refractivity contribution in [2.24, 2.45) is 5.92 Å². The third kappa shape index (κ3) is 2.94. The van der Waals surface area contributed by atoms with E-state index in [9.17, 15) is 4.79 Å². The Morgan fingerprint density at radius 3 is 2.63 bits per heavy atom. The van der Waals surface area contributed by atoms with Gasteiger partial charge in [-0.3, -0.25) is 4.79 Å². The van der Waals surface area contributed by atoms with Gasteiger partial charge in [-0.25, -0.2) is 0 Å². The molecule has 1 amide bonds. The second-order valence-corrected chi connectivity index (χ2v) is 8.26. The molecule has 0 unspecified atom stereocenters. The van der Waals surface area contributed by atoms with Crippen LogP contribution < -0.4 is 5.32 Å². The first-order valence-corrected chi connectivity index (χ1v) is 10.2. The van der Waals surface area contributed by atoms with E-state index in [1.807, 2.05) is 23.1 Å². The highest BCUT2D eigenvalue weighted by molar-refractivity contribution is 6.30. The Morgan fingerprint density at radius 2 is 1.85 bits per heavy atom. The second kappa shape index (κ2) is 6.72. The van der Waals surface area contributed by atoms with E-state index in [1.54, 1.807) is 0 Å². The molecule has 1 N–H and O–H groups in total. The second-order valence-electron chi connectivity index (χ2n) is 7.83. The third-order valence-corrected chi connectivity index (χ3v) is 6.48. The minimum Gasteiger partial charge on any atom is -0.378 e. The molecule has 1 aliphatic carbocycles. The van der Waals surface area contributed by atoms with Crippen molar-refractivity contribution in [1.82, 2.24) is 4.90 Å². The van der Waals surface area contributed by atoms with Crippen molar-refractivity contribution in [2.45, 2.75) is 31.2 Å². The average molecular weight is 379 g/mol. The highest BCUT2D eigenvalue weighted by Gasteiger charge is 2.38. The summed E-state index contributed by atoms with van der Waals surface area (Å²) in [6.07, 6.45) is 7.89. The lowest BCUT2D eigenvalue weighted by atomic mass is 9.76. The summed E-state index contributed by atoms with van der Waals surface area (Å²) >= 11 is 6.08. The predicted octanol–water partition coefficient (Wildman–Crippen LogP) is 5.40. The smallest absolute Gasteiger partial charge is 0.253 e.